The Morgan fingerprint density at radius 2 is 1.86 bits per heavy atom. The van der Waals surface area contributed by atoms with Crippen LogP contribution in [0.15, 0.2) is 46.9 Å². The molecule has 0 atom stereocenters. The first-order valence-electron chi connectivity index (χ1n) is 6.93. The fourth-order valence-corrected chi connectivity index (χ4v) is 2.40. The largest absolute Gasteiger partial charge is 0.489 e. The number of rotatable bonds is 6. The minimum atomic E-state index is -0.311. The summed E-state index contributed by atoms with van der Waals surface area (Å²) in [5, 5.41) is 3.40. The van der Waals surface area contributed by atoms with E-state index >= 15 is 0 Å². The first-order valence-corrected chi connectivity index (χ1v) is 7.73. The van der Waals surface area contributed by atoms with Gasteiger partial charge in [-0.2, -0.15) is 0 Å². The zero-order valence-corrected chi connectivity index (χ0v) is 13.8. The third-order valence-electron chi connectivity index (χ3n) is 3.05. The molecule has 0 heterocycles. The van der Waals surface area contributed by atoms with E-state index in [1.54, 1.807) is 6.07 Å². The fraction of sp³-hybridized carbons (Fsp3) is 0.294. The van der Waals surface area contributed by atoms with Crippen molar-refractivity contribution in [3.05, 3.63) is 63.9 Å². The summed E-state index contributed by atoms with van der Waals surface area (Å²) < 4.78 is 19.7. The van der Waals surface area contributed by atoms with Crippen molar-refractivity contribution >= 4 is 15.9 Å². The van der Waals surface area contributed by atoms with Gasteiger partial charge in [0.25, 0.3) is 0 Å². The van der Waals surface area contributed by atoms with Crippen LogP contribution in [0.1, 0.15) is 25.0 Å². The molecule has 1 N–H and O–H groups in total. The van der Waals surface area contributed by atoms with Gasteiger partial charge >= 0.3 is 0 Å². The Morgan fingerprint density at radius 3 is 2.52 bits per heavy atom. The molecule has 0 aliphatic rings. The highest BCUT2D eigenvalue weighted by Crippen LogP contribution is 2.22. The Balaban J connectivity index is 2.05. The quantitative estimate of drug-likeness (QED) is 0.816. The molecule has 0 aliphatic heterocycles. The Hall–Kier alpha value is -1.39. The van der Waals surface area contributed by atoms with E-state index in [4.69, 9.17) is 4.74 Å². The number of halogens is 2. The lowest BCUT2D eigenvalue weighted by Crippen LogP contribution is -2.22. The molecule has 0 radical (unpaired) electrons. The highest BCUT2D eigenvalue weighted by atomic mass is 79.9. The molecule has 2 nitrogen and oxygen atoms in total. The van der Waals surface area contributed by atoms with Crippen LogP contribution in [0.3, 0.4) is 0 Å². The third-order valence-corrected chi connectivity index (χ3v) is 3.51. The van der Waals surface area contributed by atoms with Crippen molar-refractivity contribution in [3.8, 4) is 5.75 Å². The molecule has 4 heteroatoms. The van der Waals surface area contributed by atoms with Crippen LogP contribution in [-0.4, -0.2) is 6.04 Å². The molecule has 2 rings (SSSR count). The van der Waals surface area contributed by atoms with Gasteiger partial charge in [0.2, 0.25) is 0 Å². The predicted molar refractivity (Wildman–Crippen MR) is 86.8 cm³/mol. The first-order chi connectivity index (χ1) is 10.0. The van der Waals surface area contributed by atoms with E-state index in [0.717, 1.165) is 12.1 Å². The number of ether oxygens (including phenoxy) is 1. The summed E-state index contributed by atoms with van der Waals surface area (Å²) >= 11 is 3.26. The van der Waals surface area contributed by atoms with E-state index in [1.807, 2.05) is 18.2 Å². The summed E-state index contributed by atoms with van der Waals surface area (Å²) in [7, 11) is 0. The van der Waals surface area contributed by atoms with Crippen molar-refractivity contribution in [1.29, 1.82) is 0 Å². The number of hydrogen-bond donors (Lipinski definition) is 1. The molecule has 2 aromatic rings. The van der Waals surface area contributed by atoms with Gasteiger partial charge in [0.15, 0.2) is 0 Å². The van der Waals surface area contributed by atoms with Gasteiger partial charge in [0, 0.05) is 23.1 Å². The van der Waals surface area contributed by atoms with Gasteiger partial charge in [-0.25, -0.2) is 4.39 Å². The van der Waals surface area contributed by atoms with Crippen molar-refractivity contribution in [2.24, 2.45) is 0 Å². The Morgan fingerprint density at radius 1 is 1.14 bits per heavy atom. The summed E-state index contributed by atoms with van der Waals surface area (Å²) in [6.45, 7) is 5.45. The third kappa shape index (κ3) is 5.14. The standard InChI is InChI=1S/C17H19BrFNO/c1-12(2)20-10-13-5-3-4-6-14(13)11-21-17-8-15(18)7-16(19)9-17/h3-9,12,20H,10-11H2,1-2H3. The van der Waals surface area contributed by atoms with E-state index in [2.05, 4.69) is 41.2 Å². The summed E-state index contributed by atoms with van der Waals surface area (Å²) in [4.78, 5) is 0. The second-order valence-electron chi connectivity index (χ2n) is 5.20. The average Bonchev–Trinajstić information content (AvgIpc) is 2.42. The number of hydrogen-bond acceptors (Lipinski definition) is 2. The van der Waals surface area contributed by atoms with Crippen molar-refractivity contribution in [2.75, 3.05) is 0 Å². The second-order valence-corrected chi connectivity index (χ2v) is 6.11. The molecule has 112 valence electrons. The zero-order chi connectivity index (χ0) is 15.2. The van der Waals surface area contributed by atoms with Crippen molar-refractivity contribution in [1.82, 2.24) is 5.32 Å². The minimum Gasteiger partial charge on any atom is -0.489 e. The van der Waals surface area contributed by atoms with Gasteiger partial charge < -0.3 is 10.1 Å². The maximum Gasteiger partial charge on any atom is 0.128 e. The lowest BCUT2D eigenvalue weighted by Gasteiger charge is -2.13. The molecular weight excluding hydrogens is 333 g/mol. The average molecular weight is 352 g/mol. The maximum atomic E-state index is 13.3. The van der Waals surface area contributed by atoms with Crippen LogP contribution in [0.25, 0.3) is 0 Å². The SMILES string of the molecule is CC(C)NCc1ccccc1COc1cc(F)cc(Br)c1. The van der Waals surface area contributed by atoms with E-state index in [0.29, 0.717) is 22.9 Å². The summed E-state index contributed by atoms with van der Waals surface area (Å²) in [6, 6.07) is 13.1. The first kappa shape index (κ1) is 16.0. The minimum absolute atomic E-state index is 0.311. The Labute approximate surface area is 133 Å². The number of nitrogens with one attached hydrogen (secondary N) is 1. The van der Waals surface area contributed by atoms with Gasteiger partial charge in [-0.3, -0.25) is 0 Å². The molecule has 2 aromatic carbocycles. The molecule has 0 aromatic heterocycles. The normalized spacial score (nSPS) is 10.9. The predicted octanol–water partition coefficient (Wildman–Crippen LogP) is 4.67. The van der Waals surface area contributed by atoms with E-state index in [9.17, 15) is 4.39 Å². The van der Waals surface area contributed by atoms with Gasteiger partial charge in [0.1, 0.15) is 18.2 Å². The van der Waals surface area contributed by atoms with E-state index < -0.39 is 0 Å². The van der Waals surface area contributed by atoms with Crippen LogP contribution in [0.4, 0.5) is 4.39 Å². The summed E-state index contributed by atoms with van der Waals surface area (Å²) in [6.07, 6.45) is 0. The van der Waals surface area contributed by atoms with Crippen LogP contribution >= 0.6 is 15.9 Å². The lowest BCUT2D eigenvalue weighted by atomic mass is 10.1. The van der Waals surface area contributed by atoms with Gasteiger partial charge in [0.05, 0.1) is 0 Å². The van der Waals surface area contributed by atoms with Crippen LogP contribution in [0.2, 0.25) is 0 Å². The molecule has 0 saturated heterocycles. The molecule has 0 saturated carbocycles. The maximum absolute atomic E-state index is 13.3. The molecular formula is C17H19BrFNO. The van der Waals surface area contributed by atoms with Crippen LogP contribution in [0, 0.1) is 5.82 Å². The van der Waals surface area contributed by atoms with Crippen molar-refractivity contribution in [2.45, 2.75) is 33.0 Å². The van der Waals surface area contributed by atoms with Crippen molar-refractivity contribution < 1.29 is 9.13 Å². The highest BCUT2D eigenvalue weighted by molar-refractivity contribution is 9.10. The zero-order valence-electron chi connectivity index (χ0n) is 12.2. The molecule has 0 unspecified atom stereocenters. The molecule has 0 spiro atoms. The smallest absolute Gasteiger partial charge is 0.128 e. The molecule has 0 bridgehead atoms. The topological polar surface area (TPSA) is 21.3 Å². The van der Waals surface area contributed by atoms with E-state index in [-0.39, 0.29) is 5.82 Å². The fourth-order valence-electron chi connectivity index (χ4n) is 1.96. The monoisotopic (exact) mass is 351 g/mol. The van der Waals surface area contributed by atoms with Gasteiger partial charge in [-0.05, 0) is 23.3 Å². The number of benzene rings is 2. The Kier molecular flexibility index (Phi) is 5.76. The van der Waals surface area contributed by atoms with Gasteiger partial charge in [-0.1, -0.05) is 54.0 Å². The summed E-state index contributed by atoms with van der Waals surface area (Å²) in [5.41, 5.74) is 2.30. The van der Waals surface area contributed by atoms with Crippen LogP contribution < -0.4 is 10.1 Å². The second kappa shape index (κ2) is 7.57. The van der Waals surface area contributed by atoms with Crippen molar-refractivity contribution in [3.63, 3.8) is 0 Å². The lowest BCUT2D eigenvalue weighted by molar-refractivity contribution is 0.302. The summed E-state index contributed by atoms with van der Waals surface area (Å²) in [5.74, 6) is 0.211. The molecule has 0 fully saturated rings. The van der Waals surface area contributed by atoms with E-state index in [1.165, 1.54) is 17.7 Å². The van der Waals surface area contributed by atoms with Crippen LogP contribution in [-0.2, 0) is 13.2 Å². The molecule has 0 amide bonds. The highest BCUT2D eigenvalue weighted by Gasteiger charge is 2.05. The van der Waals surface area contributed by atoms with Gasteiger partial charge in [-0.15, -0.1) is 0 Å². The molecule has 21 heavy (non-hydrogen) atoms. The Bertz CT molecular complexity index is 581. The molecule has 0 aliphatic carbocycles. The van der Waals surface area contributed by atoms with Crippen LogP contribution in [0.5, 0.6) is 5.75 Å².